The van der Waals surface area contributed by atoms with Crippen molar-refractivity contribution in [3.05, 3.63) is 30.2 Å². The fourth-order valence-corrected chi connectivity index (χ4v) is 1.15. The Labute approximate surface area is 64.9 Å². The highest BCUT2D eigenvalue weighted by Crippen LogP contribution is 1.96. The Balaban J connectivity index is 2.86. The summed E-state index contributed by atoms with van der Waals surface area (Å²) in [5.41, 5.74) is 2.14. The van der Waals surface area contributed by atoms with Gasteiger partial charge in [0.25, 0.3) is 0 Å². The molecule has 0 amide bonds. The van der Waals surface area contributed by atoms with E-state index in [9.17, 15) is 0 Å². The van der Waals surface area contributed by atoms with Crippen molar-refractivity contribution < 1.29 is 4.57 Å². The molecule has 0 N–H and O–H groups in total. The van der Waals surface area contributed by atoms with Crippen molar-refractivity contribution in [1.82, 2.24) is 9.61 Å². The highest BCUT2D eigenvalue weighted by Gasteiger charge is 2.04. The Bertz CT molecular complexity index is 389. The Morgan fingerprint density at radius 2 is 2.27 bits per heavy atom. The summed E-state index contributed by atoms with van der Waals surface area (Å²) in [4.78, 5) is 0. The van der Waals surface area contributed by atoms with Crippen molar-refractivity contribution in [2.45, 2.75) is 6.92 Å². The Hall–Kier alpha value is -1.38. The summed E-state index contributed by atoms with van der Waals surface area (Å²) in [6, 6.07) is 4.07. The predicted molar refractivity (Wildman–Crippen MR) is 41.1 cm³/mol. The van der Waals surface area contributed by atoms with E-state index in [0.29, 0.717) is 0 Å². The maximum absolute atomic E-state index is 4.29. The summed E-state index contributed by atoms with van der Waals surface area (Å²) < 4.78 is 3.90. The van der Waals surface area contributed by atoms with Gasteiger partial charge in [-0.15, -0.1) is 4.52 Å². The van der Waals surface area contributed by atoms with Crippen LogP contribution in [-0.2, 0) is 7.05 Å². The molecule has 0 fully saturated rings. The standard InChI is InChI=1S/C8H10N3/c1-7-3-4-8-10(2)5-6-11(8)9-7/h3-6H,1-2H3/q+1. The third-order valence-electron chi connectivity index (χ3n) is 1.77. The molecule has 0 saturated heterocycles. The molecule has 2 aromatic rings. The summed E-state index contributed by atoms with van der Waals surface area (Å²) in [6.07, 6.45) is 3.93. The van der Waals surface area contributed by atoms with E-state index in [1.165, 1.54) is 0 Å². The quantitative estimate of drug-likeness (QED) is 0.497. The number of nitrogens with zero attached hydrogens (tertiary/aromatic N) is 3. The first-order chi connectivity index (χ1) is 5.27. The third-order valence-corrected chi connectivity index (χ3v) is 1.77. The zero-order chi connectivity index (χ0) is 7.84. The molecule has 0 aromatic carbocycles. The summed E-state index contributed by atoms with van der Waals surface area (Å²) >= 11 is 0. The van der Waals surface area contributed by atoms with Crippen LogP contribution in [0.15, 0.2) is 24.5 Å². The van der Waals surface area contributed by atoms with E-state index in [2.05, 4.69) is 11.2 Å². The van der Waals surface area contributed by atoms with E-state index in [1.807, 2.05) is 41.5 Å². The fraction of sp³-hybridized carbons (Fsp3) is 0.250. The molecular weight excluding hydrogens is 138 g/mol. The first-order valence-electron chi connectivity index (χ1n) is 3.58. The summed E-state index contributed by atoms with van der Waals surface area (Å²) in [6.45, 7) is 1.99. The van der Waals surface area contributed by atoms with Crippen LogP contribution in [-0.4, -0.2) is 9.61 Å². The molecule has 0 radical (unpaired) electrons. The van der Waals surface area contributed by atoms with Crippen LogP contribution >= 0.6 is 0 Å². The average Bonchev–Trinajstić information content (AvgIpc) is 2.32. The van der Waals surface area contributed by atoms with Gasteiger partial charge in [-0.25, -0.2) is 4.57 Å². The smallest absolute Gasteiger partial charge is 0.231 e. The van der Waals surface area contributed by atoms with E-state index in [4.69, 9.17) is 0 Å². The van der Waals surface area contributed by atoms with E-state index < -0.39 is 0 Å². The van der Waals surface area contributed by atoms with Gasteiger partial charge < -0.3 is 0 Å². The van der Waals surface area contributed by atoms with Crippen molar-refractivity contribution in [2.75, 3.05) is 0 Å². The molecule has 2 aromatic heterocycles. The first kappa shape index (κ1) is 6.34. The van der Waals surface area contributed by atoms with Crippen molar-refractivity contribution in [2.24, 2.45) is 7.05 Å². The van der Waals surface area contributed by atoms with Crippen LogP contribution in [0.1, 0.15) is 5.69 Å². The number of aromatic nitrogens is 3. The normalized spacial score (nSPS) is 10.7. The van der Waals surface area contributed by atoms with Gasteiger partial charge in [0.2, 0.25) is 0 Å². The number of rotatable bonds is 0. The Kier molecular flexibility index (Phi) is 1.18. The van der Waals surface area contributed by atoms with E-state index in [1.54, 1.807) is 0 Å². The molecule has 56 valence electrons. The van der Waals surface area contributed by atoms with Gasteiger partial charge in [0.05, 0.1) is 12.7 Å². The highest BCUT2D eigenvalue weighted by molar-refractivity contribution is 5.29. The molecule has 0 bridgehead atoms. The maximum atomic E-state index is 4.29. The number of imidazole rings is 1. The van der Waals surface area contributed by atoms with Crippen molar-refractivity contribution in [3.63, 3.8) is 0 Å². The predicted octanol–water partition coefficient (Wildman–Crippen LogP) is 0.467. The fourth-order valence-electron chi connectivity index (χ4n) is 1.15. The lowest BCUT2D eigenvalue weighted by Crippen LogP contribution is -2.25. The van der Waals surface area contributed by atoms with Crippen LogP contribution in [0.4, 0.5) is 0 Å². The lowest BCUT2D eigenvalue weighted by molar-refractivity contribution is -0.644. The van der Waals surface area contributed by atoms with Gasteiger partial charge in [-0.05, 0) is 13.0 Å². The van der Waals surface area contributed by atoms with Crippen molar-refractivity contribution in [1.29, 1.82) is 0 Å². The zero-order valence-corrected chi connectivity index (χ0v) is 6.65. The minimum absolute atomic E-state index is 1.04. The largest absolute Gasteiger partial charge is 0.306 e. The number of fused-ring (bicyclic) bond motifs is 1. The van der Waals surface area contributed by atoms with Crippen LogP contribution < -0.4 is 4.57 Å². The molecule has 0 aliphatic carbocycles. The molecule has 11 heavy (non-hydrogen) atoms. The van der Waals surface area contributed by atoms with Gasteiger partial charge in [0.15, 0.2) is 6.20 Å². The first-order valence-corrected chi connectivity index (χ1v) is 3.58. The Morgan fingerprint density at radius 1 is 1.45 bits per heavy atom. The van der Waals surface area contributed by atoms with E-state index in [0.717, 1.165) is 11.3 Å². The topological polar surface area (TPSA) is 21.2 Å². The minimum atomic E-state index is 1.04. The number of hydrogen-bond donors (Lipinski definition) is 0. The molecule has 0 unspecified atom stereocenters. The van der Waals surface area contributed by atoms with Crippen molar-refractivity contribution in [3.8, 4) is 0 Å². The van der Waals surface area contributed by atoms with E-state index >= 15 is 0 Å². The molecule has 0 spiro atoms. The monoisotopic (exact) mass is 148 g/mol. The summed E-state index contributed by atoms with van der Waals surface area (Å²) in [5.74, 6) is 0. The molecule has 2 rings (SSSR count). The second-order valence-electron chi connectivity index (χ2n) is 2.69. The SMILES string of the molecule is Cc1ccc2n(cc[n+]2C)n1. The van der Waals surface area contributed by atoms with Gasteiger partial charge >= 0.3 is 5.65 Å². The lowest BCUT2D eigenvalue weighted by atomic mass is 10.4. The lowest BCUT2D eigenvalue weighted by Gasteiger charge is -1.87. The Morgan fingerprint density at radius 3 is 3.09 bits per heavy atom. The molecule has 3 nitrogen and oxygen atoms in total. The van der Waals surface area contributed by atoms with E-state index in [-0.39, 0.29) is 0 Å². The molecule has 0 saturated carbocycles. The van der Waals surface area contributed by atoms with Crippen LogP contribution in [0.25, 0.3) is 5.65 Å². The highest BCUT2D eigenvalue weighted by atomic mass is 15.3. The minimum Gasteiger partial charge on any atom is -0.231 e. The molecule has 0 atom stereocenters. The number of hydrogen-bond acceptors (Lipinski definition) is 1. The molecule has 0 aliphatic rings. The zero-order valence-electron chi connectivity index (χ0n) is 6.65. The van der Waals surface area contributed by atoms with Gasteiger partial charge in [0, 0.05) is 6.07 Å². The molecule has 2 heterocycles. The number of aryl methyl sites for hydroxylation is 2. The third kappa shape index (κ3) is 0.888. The van der Waals surface area contributed by atoms with Gasteiger partial charge in [-0.1, -0.05) is 5.10 Å². The summed E-state index contributed by atoms with van der Waals surface area (Å²) in [5, 5.41) is 4.29. The molecule has 0 aliphatic heterocycles. The van der Waals surface area contributed by atoms with Gasteiger partial charge in [-0.2, -0.15) is 0 Å². The van der Waals surface area contributed by atoms with Gasteiger partial charge in [0.1, 0.15) is 6.20 Å². The van der Waals surface area contributed by atoms with Crippen LogP contribution in [0.5, 0.6) is 0 Å². The van der Waals surface area contributed by atoms with Crippen LogP contribution in [0.2, 0.25) is 0 Å². The van der Waals surface area contributed by atoms with Crippen LogP contribution in [0, 0.1) is 6.92 Å². The second kappa shape index (κ2) is 2.05. The summed E-state index contributed by atoms with van der Waals surface area (Å²) in [7, 11) is 2.01. The molecular formula is C8H10N3+. The van der Waals surface area contributed by atoms with Gasteiger partial charge in [-0.3, -0.25) is 0 Å². The molecule has 3 heteroatoms. The average molecular weight is 148 g/mol. The maximum Gasteiger partial charge on any atom is 0.306 e. The second-order valence-corrected chi connectivity index (χ2v) is 2.69. The van der Waals surface area contributed by atoms with Crippen molar-refractivity contribution >= 4 is 5.65 Å². The van der Waals surface area contributed by atoms with Crippen LogP contribution in [0.3, 0.4) is 0 Å².